The molecule has 26 heavy (non-hydrogen) atoms. The topological polar surface area (TPSA) is 73.8 Å². The summed E-state index contributed by atoms with van der Waals surface area (Å²) in [7, 11) is 1.89. The van der Waals surface area contributed by atoms with Crippen LogP contribution in [-0.2, 0) is 24.9 Å². The molecule has 3 aromatic heterocycles. The lowest BCUT2D eigenvalue weighted by Crippen LogP contribution is -2.36. The van der Waals surface area contributed by atoms with Gasteiger partial charge in [0, 0.05) is 63.5 Å². The van der Waals surface area contributed by atoms with E-state index in [2.05, 4.69) is 19.7 Å². The summed E-state index contributed by atoms with van der Waals surface area (Å²) in [4.78, 5) is 19.6. The van der Waals surface area contributed by atoms with Crippen molar-refractivity contribution in [2.24, 2.45) is 7.05 Å². The van der Waals surface area contributed by atoms with Crippen molar-refractivity contribution in [3.05, 3.63) is 54.1 Å². The number of carbonyl (C=O) groups is 1. The number of amides is 1. The lowest BCUT2D eigenvalue weighted by Gasteiger charge is -2.29. The van der Waals surface area contributed by atoms with Gasteiger partial charge in [-0.3, -0.25) is 14.2 Å². The van der Waals surface area contributed by atoms with Crippen LogP contribution in [0.5, 0.6) is 0 Å². The molecule has 0 aliphatic carbocycles. The number of hydrogen-bond donors (Lipinski definition) is 0. The molecule has 1 aliphatic heterocycles. The molecule has 1 unspecified atom stereocenters. The quantitative estimate of drug-likeness (QED) is 0.713. The van der Waals surface area contributed by atoms with Crippen molar-refractivity contribution in [1.29, 1.82) is 0 Å². The second-order valence-corrected chi connectivity index (χ2v) is 6.80. The van der Waals surface area contributed by atoms with Gasteiger partial charge in [-0.2, -0.15) is 10.2 Å². The van der Waals surface area contributed by atoms with Gasteiger partial charge in [0.25, 0.3) is 0 Å². The van der Waals surface area contributed by atoms with E-state index in [1.807, 2.05) is 54.5 Å². The van der Waals surface area contributed by atoms with Gasteiger partial charge in [0.15, 0.2) is 0 Å². The van der Waals surface area contributed by atoms with E-state index in [1.54, 1.807) is 10.9 Å². The summed E-state index contributed by atoms with van der Waals surface area (Å²) in [5.74, 6) is 1.02. The molecule has 136 valence electrons. The van der Waals surface area contributed by atoms with Crippen LogP contribution >= 0.6 is 0 Å². The lowest BCUT2D eigenvalue weighted by atomic mass is 10.1. The third-order valence-electron chi connectivity index (χ3n) is 4.78. The summed E-state index contributed by atoms with van der Waals surface area (Å²) in [6.45, 7) is 4.16. The van der Waals surface area contributed by atoms with E-state index in [0.717, 1.165) is 29.9 Å². The average Bonchev–Trinajstić information content (AvgIpc) is 3.33. The highest BCUT2D eigenvalue weighted by Gasteiger charge is 2.32. The molecule has 0 N–H and O–H groups in total. The number of aryl methyl sites for hydroxylation is 4. The molecule has 0 aromatic carbocycles. The Balaban J connectivity index is 1.60. The highest BCUT2D eigenvalue weighted by molar-refractivity contribution is 5.77. The number of hydrogen-bond acceptors (Lipinski definition) is 4. The summed E-state index contributed by atoms with van der Waals surface area (Å²) in [6.07, 6.45) is 12.7. The molecule has 1 aliphatic rings. The Morgan fingerprint density at radius 3 is 2.85 bits per heavy atom. The van der Waals surface area contributed by atoms with Gasteiger partial charge in [0.2, 0.25) is 5.91 Å². The molecular formula is C18H23N7O. The van der Waals surface area contributed by atoms with E-state index >= 15 is 0 Å². The number of carbonyl (C=O) groups excluding carboxylic acids is 1. The SMILES string of the molecule is Cc1cnn(CCC(=O)N2CCCn3ccnc3C2c2cnn(C)c2)c1. The smallest absolute Gasteiger partial charge is 0.225 e. The molecular weight excluding hydrogens is 330 g/mol. The van der Waals surface area contributed by atoms with Crippen LogP contribution in [0.2, 0.25) is 0 Å². The van der Waals surface area contributed by atoms with Gasteiger partial charge in [-0.25, -0.2) is 4.98 Å². The Kier molecular flexibility index (Phi) is 4.32. The summed E-state index contributed by atoms with van der Waals surface area (Å²) in [5, 5.41) is 8.57. The summed E-state index contributed by atoms with van der Waals surface area (Å²) >= 11 is 0. The summed E-state index contributed by atoms with van der Waals surface area (Å²) in [5.41, 5.74) is 2.09. The first-order valence-corrected chi connectivity index (χ1v) is 8.90. The van der Waals surface area contributed by atoms with E-state index < -0.39 is 0 Å². The minimum atomic E-state index is -0.201. The minimum absolute atomic E-state index is 0.114. The molecule has 3 aromatic rings. The van der Waals surface area contributed by atoms with Crippen molar-refractivity contribution in [3.8, 4) is 0 Å². The third kappa shape index (κ3) is 3.14. The lowest BCUT2D eigenvalue weighted by molar-refractivity contribution is -0.133. The predicted octanol–water partition coefficient (Wildman–Crippen LogP) is 1.53. The van der Waals surface area contributed by atoms with Crippen LogP contribution < -0.4 is 0 Å². The zero-order valence-electron chi connectivity index (χ0n) is 15.1. The van der Waals surface area contributed by atoms with Crippen LogP contribution in [0.4, 0.5) is 0 Å². The highest BCUT2D eigenvalue weighted by atomic mass is 16.2. The van der Waals surface area contributed by atoms with Gasteiger partial charge in [-0.05, 0) is 18.9 Å². The molecule has 0 radical (unpaired) electrons. The monoisotopic (exact) mass is 353 g/mol. The first-order chi connectivity index (χ1) is 12.6. The van der Waals surface area contributed by atoms with E-state index in [1.165, 1.54) is 0 Å². The second kappa shape index (κ2) is 6.78. The molecule has 0 saturated carbocycles. The van der Waals surface area contributed by atoms with Crippen molar-refractivity contribution >= 4 is 5.91 Å². The van der Waals surface area contributed by atoms with Gasteiger partial charge in [-0.1, -0.05) is 0 Å². The average molecular weight is 353 g/mol. The fourth-order valence-electron chi connectivity index (χ4n) is 3.56. The van der Waals surface area contributed by atoms with E-state index in [9.17, 15) is 4.79 Å². The van der Waals surface area contributed by atoms with Crippen molar-refractivity contribution in [3.63, 3.8) is 0 Å². The predicted molar refractivity (Wildman–Crippen MR) is 95.2 cm³/mol. The van der Waals surface area contributed by atoms with Crippen molar-refractivity contribution in [1.82, 2.24) is 34.0 Å². The van der Waals surface area contributed by atoms with Crippen LogP contribution in [0.25, 0.3) is 0 Å². The summed E-state index contributed by atoms with van der Waals surface area (Å²) in [6, 6.07) is -0.201. The Labute approximate surface area is 152 Å². The molecule has 0 saturated heterocycles. The number of fused-ring (bicyclic) bond motifs is 1. The van der Waals surface area contributed by atoms with Crippen LogP contribution in [-0.4, -0.2) is 46.5 Å². The molecule has 4 rings (SSSR count). The third-order valence-corrected chi connectivity index (χ3v) is 4.78. The molecule has 8 heteroatoms. The number of nitrogens with zero attached hydrogens (tertiary/aromatic N) is 7. The normalized spacial score (nSPS) is 17.2. The molecule has 0 bridgehead atoms. The Bertz CT molecular complexity index is 906. The first-order valence-electron chi connectivity index (χ1n) is 8.90. The zero-order valence-corrected chi connectivity index (χ0v) is 15.1. The van der Waals surface area contributed by atoms with Crippen molar-refractivity contribution in [2.75, 3.05) is 6.54 Å². The molecule has 1 atom stereocenters. The Morgan fingerprint density at radius 1 is 1.23 bits per heavy atom. The van der Waals surface area contributed by atoms with Crippen LogP contribution in [0.15, 0.2) is 37.2 Å². The fourth-order valence-corrected chi connectivity index (χ4v) is 3.56. The van der Waals surface area contributed by atoms with Crippen molar-refractivity contribution < 1.29 is 4.79 Å². The van der Waals surface area contributed by atoms with Gasteiger partial charge >= 0.3 is 0 Å². The van der Waals surface area contributed by atoms with Crippen molar-refractivity contribution in [2.45, 2.75) is 38.9 Å². The molecule has 8 nitrogen and oxygen atoms in total. The van der Waals surface area contributed by atoms with Gasteiger partial charge in [-0.15, -0.1) is 0 Å². The summed E-state index contributed by atoms with van der Waals surface area (Å²) < 4.78 is 5.73. The molecule has 1 amide bonds. The zero-order chi connectivity index (χ0) is 18.1. The van der Waals surface area contributed by atoms with Gasteiger partial charge in [0.05, 0.1) is 12.4 Å². The molecule has 0 spiro atoms. The fraction of sp³-hybridized carbons (Fsp3) is 0.444. The Hall–Kier alpha value is -2.90. The van der Waals surface area contributed by atoms with E-state index in [0.29, 0.717) is 19.5 Å². The van der Waals surface area contributed by atoms with E-state index in [4.69, 9.17) is 0 Å². The molecule has 0 fully saturated rings. The maximum Gasteiger partial charge on any atom is 0.225 e. The number of rotatable bonds is 4. The second-order valence-electron chi connectivity index (χ2n) is 6.80. The van der Waals surface area contributed by atoms with Crippen LogP contribution in [0.3, 0.4) is 0 Å². The standard InChI is InChI=1S/C18H23N7O/c1-14-10-21-24(12-14)8-4-16(26)25-7-3-6-23-9-5-19-18(23)17(25)15-11-20-22(2)13-15/h5,9-13,17H,3-4,6-8H2,1-2H3. The van der Waals surface area contributed by atoms with Crippen LogP contribution in [0.1, 0.15) is 35.8 Å². The Morgan fingerprint density at radius 2 is 2.12 bits per heavy atom. The largest absolute Gasteiger partial charge is 0.333 e. The van der Waals surface area contributed by atoms with E-state index in [-0.39, 0.29) is 11.9 Å². The number of aromatic nitrogens is 6. The van der Waals surface area contributed by atoms with Crippen LogP contribution in [0, 0.1) is 6.92 Å². The molecule has 4 heterocycles. The first kappa shape index (κ1) is 16.6. The maximum atomic E-state index is 13.1. The van der Waals surface area contributed by atoms with Gasteiger partial charge < -0.3 is 9.47 Å². The maximum absolute atomic E-state index is 13.1. The minimum Gasteiger partial charge on any atom is -0.333 e. The number of imidazole rings is 1. The highest BCUT2D eigenvalue weighted by Crippen LogP contribution is 2.30. The van der Waals surface area contributed by atoms with Gasteiger partial charge in [0.1, 0.15) is 11.9 Å².